The van der Waals surface area contributed by atoms with Crippen molar-refractivity contribution < 1.29 is 29.3 Å². The fourth-order valence-electron chi connectivity index (χ4n) is 8.65. The smallest absolute Gasteiger partial charge is 0.336 e. The van der Waals surface area contributed by atoms with Crippen LogP contribution in [0.4, 0.5) is 0 Å². The quantitative estimate of drug-likeness (QED) is 0.430. The van der Waals surface area contributed by atoms with E-state index in [2.05, 4.69) is 0 Å². The van der Waals surface area contributed by atoms with E-state index in [-0.39, 0.29) is 24.0 Å². The molecule has 7 atom stereocenters. The Morgan fingerprint density at radius 3 is 2.00 bits per heavy atom. The number of ether oxygens (including phenoxy) is 2. The first kappa shape index (κ1) is 24.4. The molecule has 5 aliphatic rings. The number of hydrogen-bond donors (Lipinski definition) is 2. The number of fused-ring (bicyclic) bond motifs is 4. The third kappa shape index (κ3) is 4.71. The average Bonchev–Trinajstić information content (AvgIpc) is 3.66. The van der Waals surface area contributed by atoms with E-state index in [1.165, 1.54) is 38.5 Å². The SMILES string of the molecule is O=C(O)c1cc(COC2CCCCO2)c(CC2CC3CCC2C3)c(C(=O)O)c1CC1CC2CCC1C2. The Morgan fingerprint density at radius 1 is 0.833 bits per heavy atom. The van der Waals surface area contributed by atoms with Gasteiger partial charge in [-0.3, -0.25) is 0 Å². The van der Waals surface area contributed by atoms with E-state index in [0.29, 0.717) is 42.3 Å². The highest BCUT2D eigenvalue weighted by Crippen LogP contribution is 2.51. The lowest BCUT2D eigenvalue weighted by Gasteiger charge is -2.28. The van der Waals surface area contributed by atoms with Crippen LogP contribution < -0.4 is 0 Å². The van der Waals surface area contributed by atoms with Crippen molar-refractivity contribution in [1.29, 1.82) is 0 Å². The standard InChI is InChI=1S/C30H40O6/c31-29(32)26-15-23(16-36-27-3-1-2-8-35-27)24(13-21-11-17-4-6-19(21)9-17)28(30(33)34)25(26)14-22-12-18-5-7-20(22)10-18/h15,17-22,27H,1-14,16H2,(H,31,32)(H,33,34). The molecule has 7 unspecified atom stereocenters. The van der Waals surface area contributed by atoms with Gasteiger partial charge in [0.25, 0.3) is 0 Å². The highest BCUT2D eigenvalue weighted by molar-refractivity contribution is 5.98. The second-order valence-corrected chi connectivity index (χ2v) is 12.4. The van der Waals surface area contributed by atoms with Gasteiger partial charge in [0.05, 0.1) is 17.7 Å². The Kier molecular flexibility index (Phi) is 6.85. The maximum Gasteiger partial charge on any atom is 0.336 e. The molecule has 1 aromatic carbocycles. The molecule has 4 aliphatic carbocycles. The summed E-state index contributed by atoms with van der Waals surface area (Å²) >= 11 is 0. The Labute approximate surface area is 213 Å². The van der Waals surface area contributed by atoms with Crippen LogP contribution in [0, 0.1) is 35.5 Å². The van der Waals surface area contributed by atoms with Crippen LogP contribution in [0.1, 0.15) is 108 Å². The molecule has 1 saturated heterocycles. The summed E-state index contributed by atoms with van der Waals surface area (Å²) in [6, 6.07) is 1.75. The molecular weight excluding hydrogens is 456 g/mol. The lowest BCUT2D eigenvalue weighted by Crippen LogP contribution is -2.25. The van der Waals surface area contributed by atoms with Gasteiger partial charge >= 0.3 is 11.9 Å². The van der Waals surface area contributed by atoms with Crippen LogP contribution in [0.5, 0.6) is 0 Å². The third-order valence-electron chi connectivity index (χ3n) is 10.3. The van der Waals surface area contributed by atoms with Crippen molar-refractivity contribution in [3.8, 4) is 0 Å². The van der Waals surface area contributed by atoms with Crippen molar-refractivity contribution in [2.75, 3.05) is 6.61 Å². The number of carboxylic acids is 2. The fourth-order valence-corrected chi connectivity index (χ4v) is 8.65. The number of benzene rings is 1. The molecule has 196 valence electrons. The molecule has 0 spiro atoms. The summed E-state index contributed by atoms with van der Waals surface area (Å²) in [5, 5.41) is 20.8. The molecule has 1 aromatic rings. The first-order valence-corrected chi connectivity index (χ1v) is 14.3. The largest absolute Gasteiger partial charge is 0.478 e. The average molecular weight is 497 g/mol. The van der Waals surface area contributed by atoms with Crippen molar-refractivity contribution in [3.63, 3.8) is 0 Å². The van der Waals surface area contributed by atoms with Crippen molar-refractivity contribution in [1.82, 2.24) is 0 Å². The van der Waals surface area contributed by atoms with Crippen molar-refractivity contribution in [2.24, 2.45) is 35.5 Å². The topological polar surface area (TPSA) is 93.1 Å². The van der Waals surface area contributed by atoms with Crippen molar-refractivity contribution >= 4 is 11.9 Å². The van der Waals surface area contributed by atoms with E-state index in [4.69, 9.17) is 9.47 Å². The van der Waals surface area contributed by atoms with Gasteiger partial charge in [-0.2, -0.15) is 0 Å². The molecule has 1 aliphatic heterocycles. The normalized spacial score (nSPS) is 34.9. The summed E-state index contributed by atoms with van der Waals surface area (Å²) in [5.74, 6) is 1.65. The third-order valence-corrected chi connectivity index (χ3v) is 10.3. The highest BCUT2D eigenvalue weighted by Gasteiger charge is 2.42. The molecule has 2 N–H and O–H groups in total. The molecule has 5 fully saturated rings. The molecule has 4 bridgehead atoms. The molecule has 0 radical (unpaired) electrons. The number of aromatic carboxylic acids is 2. The van der Waals surface area contributed by atoms with Gasteiger partial charge < -0.3 is 19.7 Å². The molecule has 0 aromatic heterocycles. The fraction of sp³-hybridized carbons (Fsp3) is 0.733. The van der Waals surface area contributed by atoms with E-state index in [1.54, 1.807) is 6.07 Å². The van der Waals surface area contributed by atoms with Crippen LogP contribution in [0.25, 0.3) is 0 Å². The van der Waals surface area contributed by atoms with Gasteiger partial charge in [-0.1, -0.05) is 12.8 Å². The number of hydrogen-bond acceptors (Lipinski definition) is 4. The number of carbonyl (C=O) groups is 2. The summed E-state index contributed by atoms with van der Waals surface area (Å²) in [6.07, 6.45) is 13.7. The second-order valence-electron chi connectivity index (χ2n) is 12.4. The first-order chi connectivity index (χ1) is 17.5. The highest BCUT2D eigenvalue weighted by atomic mass is 16.7. The molecule has 0 amide bonds. The Hall–Kier alpha value is -1.92. The maximum atomic E-state index is 12.9. The summed E-state index contributed by atoms with van der Waals surface area (Å²) in [7, 11) is 0. The summed E-state index contributed by atoms with van der Waals surface area (Å²) < 4.78 is 11.9. The van der Waals surface area contributed by atoms with Crippen molar-refractivity contribution in [2.45, 2.75) is 96.4 Å². The Bertz CT molecular complexity index is 1010. The minimum atomic E-state index is -1.03. The van der Waals surface area contributed by atoms with Crippen LogP contribution in [0.2, 0.25) is 0 Å². The molecule has 36 heavy (non-hydrogen) atoms. The lowest BCUT2D eigenvalue weighted by atomic mass is 9.77. The predicted molar refractivity (Wildman–Crippen MR) is 134 cm³/mol. The minimum absolute atomic E-state index is 0.162. The van der Waals surface area contributed by atoms with Crippen LogP contribution in [0.3, 0.4) is 0 Å². The van der Waals surface area contributed by atoms with Crippen LogP contribution in [0.15, 0.2) is 6.07 Å². The zero-order chi connectivity index (χ0) is 24.8. The summed E-state index contributed by atoms with van der Waals surface area (Å²) in [4.78, 5) is 25.4. The van der Waals surface area contributed by atoms with E-state index in [0.717, 1.165) is 61.5 Å². The molecular formula is C30H40O6. The Morgan fingerprint density at radius 2 is 1.50 bits per heavy atom. The van der Waals surface area contributed by atoms with E-state index in [1.807, 2.05) is 0 Å². The molecule has 4 saturated carbocycles. The van der Waals surface area contributed by atoms with E-state index >= 15 is 0 Å². The lowest BCUT2D eigenvalue weighted by molar-refractivity contribution is -0.169. The zero-order valence-electron chi connectivity index (χ0n) is 21.3. The molecule has 6 rings (SSSR count). The predicted octanol–water partition coefficient (Wildman–Crippen LogP) is 6.08. The molecule has 6 heteroatoms. The maximum absolute atomic E-state index is 12.9. The number of rotatable bonds is 9. The van der Waals surface area contributed by atoms with Crippen LogP contribution in [-0.2, 0) is 28.9 Å². The van der Waals surface area contributed by atoms with Gasteiger partial charge in [-0.15, -0.1) is 0 Å². The van der Waals surface area contributed by atoms with Gasteiger partial charge in [0, 0.05) is 6.61 Å². The monoisotopic (exact) mass is 496 g/mol. The van der Waals surface area contributed by atoms with E-state index in [9.17, 15) is 19.8 Å². The van der Waals surface area contributed by atoms with Gasteiger partial charge in [0.1, 0.15) is 0 Å². The summed E-state index contributed by atoms with van der Waals surface area (Å²) in [5.41, 5.74) is 2.56. The van der Waals surface area contributed by atoms with Gasteiger partial charge in [0.15, 0.2) is 6.29 Å². The first-order valence-electron chi connectivity index (χ1n) is 14.3. The van der Waals surface area contributed by atoms with Gasteiger partial charge in [0.2, 0.25) is 0 Å². The molecule has 6 nitrogen and oxygen atoms in total. The molecule has 1 heterocycles. The van der Waals surface area contributed by atoms with Gasteiger partial charge in [-0.25, -0.2) is 9.59 Å². The Balaban J connectivity index is 1.37. The van der Waals surface area contributed by atoms with Crippen LogP contribution in [-0.4, -0.2) is 35.0 Å². The van der Waals surface area contributed by atoms with E-state index < -0.39 is 11.9 Å². The zero-order valence-corrected chi connectivity index (χ0v) is 21.3. The minimum Gasteiger partial charge on any atom is -0.478 e. The van der Waals surface area contributed by atoms with Crippen molar-refractivity contribution in [3.05, 3.63) is 33.9 Å². The summed E-state index contributed by atoms with van der Waals surface area (Å²) in [6.45, 7) is 0.877. The van der Waals surface area contributed by atoms with Gasteiger partial charge in [-0.05, 0) is 129 Å². The number of carboxylic acid groups (broad SMARTS) is 2. The second kappa shape index (κ2) is 10.1. The van der Waals surface area contributed by atoms with Crippen LogP contribution >= 0.6 is 0 Å².